The van der Waals surface area contributed by atoms with Gasteiger partial charge in [-0.2, -0.15) is 0 Å². The molecule has 4 atom stereocenters. The number of nitrogens with zero attached hydrogens (tertiary/aromatic N) is 1. The van der Waals surface area contributed by atoms with Gasteiger partial charge in [0.25, 0.3) is 5.91 Å². The van der Waals surface area contributed by atoms with Crippen LogP contribution in [0.25, 0.3) is 0 Å². The van der Waals surface area contributed by atoms with Crippen molar-refractivity contribution in [1.29, 1.82) is 0 Å². The molecule has 1 fully saturated rings. The Labute approximate surface area is 216 Å². The summed E-state index contributed by atoms with van der Waals surface area (Å²) in [5.74, 6) is -1.93. The van der Waals surface area contributed by atoms with E-state index in [0.717, 1.165) is 5.56 Å². The zero-order chi connectivity index (χ0) is 27.1. The van der Waals surface area contributed by atoms with Crippen molar-refractivity contribution in [1.82, 2.24) is 0 Å². The van der Waals surface area contributed by atoms with Gasteiger partial charge in [-0.3, -0.25) is 14.4 Å². The fraction of sp³-hybridized carbons (Fsp3) is 0.464. The average Bonchev–Trinajstić information content (AvgIpc) is 3.21. The molecule has 198 valence electrons. The van der Waals surface area contributed by atoms with Crippen molar-refractivity contribution in [3.05, 3.63) is 53.6 Å². The Morgan fingerprint density at radius 1 is 1.08 bits per heavy atom. The molecule has 3 N–H and O–H groups in total. The molecule has 0 bridgehead atoms. The van der Waals surface area contributed by atoms with Crippen LogP contribution in [0.2, 0.25) is 0 Å². The number of carbonyl (C=O) groups excluding carboxylic acids is 3. The standard InChI is InChI=1S/C28H34FN3O5/c1-16-25(27(4,5)29)24(12-13-33)37-28(16)22-14-21(31-18(3)35)10-11-23(22)32(26(28)36)15-19-6-8-20(9-7-19)30-17(2)34/h6-11,14,16,24-25,33H,12-13,15H2,1-5H3,(H,30,34)(H,31,35)/t16-,24+,25-,28+/m1/s1. The molecule has 1 saturated heterocycles. The van der Waals surface area contributed by atoms with Crippen LogP contribution in [0.3, 0.4) is 0 Å². The van der Waals surface area contributed by atoms with Gasteiger partial charge in [0.15, 0.2) is 5.60 Å². The Balaban J connectivity index is 1.79. The topological polar surface area (TPSA) is 108 Å². The minimum absolute atomic E-state index is 0.177. The van der Waals surface area contributed by atoms with Crippen LogP contribution in [0.15, 0.2) is 42.5 Å². The fourth-order valence-electron chi connectivity index (χ4n) is 5.96. The molecule has 1 spiro atoms. The molecule has 2 aliphatic rings. The number of aliphatic hydroxyl groups is 1. The Morgan fingerprint density at radius 3 is 2.24 bits per heavy atom. The first-order valence-corrected chi connectivity index (χ1v) is 12.5. The number of rotatable bonds is 7. The quantitative estimate of drug-likeness (QED) is 0.518. The van der Waals surface area contributed by atoms with Gasteiger partial charge in [-0.25, -0.2) is 4.39 Å². The first-order valence-electron chi connectivity index (χ1n) is 12.5. The zero-order valence-electron chi connectivity index (χ0n) is 21.8. The second-order valence-electron chi connectivity index (χ2n) is 10.5. The van der Waals surface area contributed by atoms with Crippen molar-refractivity contribution in [2.45, 2.75) is 65.0 Å². The minimum atomic E-state index is -1.66. The summed E-state index contributed by atoms with van der Waals surface area (Å²) in [6, 6.07) is 12.4. The van der Waals surface area contributed by atoms with E-state index in [4.69, 9.17) is 4.74 Å². The molecule has 37 heavy (non-hydrogen) atoms. The molecule has 4 rings (SSSR count). The molecule has 9 heteroatoms. The smallest absolute Gasteiger partial charge is 0.264 e. The summed E-state index contributed by atoms with van der Waals surface area (Å²) in [5, 5.41) is 15.2. The molecule has 0 aliphatic carbocycles. The fourth-order valence-corrected chi connectivity index (χ4v) is 5.96. The molecule has 3 amide bonds. The summed E-state index contributed by atoms with van der Waals surface area (Å²) in [7, 11) is 0. The predicted molar refractivity (Wildman–Crippen MR) is 139 cm³/mol. The lowest BCUT2D eigenvalue weighted by molar-refractivity contribution is -0.146. The summed E-state index contributed by atoms with van der Waals surface area (Å²) in [4.78, 5) is 39.0. The number of hydrogen-bond acceptors (Lipinski definition) is 5. The van der Waals surface area contributed by atoms with E-state index in [1.54, 1.807) is 35.2 Å². The van der Waals surface area contributed by atoms with Gasteiger partial charge in [-0.1, -0.05) is 19.1 Å². The average molecular weight is 512 g/mol. The van der Waals surface area contributed by atoms with Crippen LogP contribution >= 0.6 is 0 Å². The molecule has 0 saturated carbocycles. The van der Waals surface area contributed by atoms with Crippen molar-refractivity contribution in [2.75, 3.05) is 22.1 Å². The zero-order valence-corrected chi connectivity index (χ0v) is 21.8. The number of carbonyl (C=O) groups is 3. The molecule has 2 aromatic carbocycles. The van der Waals surface area contributed by atoms with E-state index in [2.05, 4.69) is 10.6 Å². The largest absolute Gasteiger partial charge is 0.396 e. The number of hydrogen-bond donors (Lipinski definition) is 3. The van der Waals surface area contributed by atoms with E-state index in [9.17, 15) is 19.5 Å². The van der Waals surface area contributed by atoms with E-state index < -0.39 is 29.2 Å². The Kier molecular flexibility index (Phi) is 7.14. The predicted octanol–water partition coefficient (Wildman–Crippen LogP) is 4.13. The molecule has 2 aliphatic heterocycles. The molecule has 2 heterocycles. The van der Waals surface area contributed by atoms with E-state index in [1.807, 2.05) is 19.1 Å². The number of fused-ring (bicyclic) bond motifs is 2. The van der Waals surface area contributed by atoms with Crippen LogP contribution in [-0.2, 0) is 31.3 Å². The first-order chi connectivity index (χ1) is 17.4. The third-order valence-corrected chi connectivity index (χ3v) is 7.31. The van der Waals surface area contributed by atoms with Crippen molar-refractivity contribution in [2.24, 2.45) is 11.8 Å². The number of anilines is 3. The number of alkyl halides is 1. The Bertz CT molecular complexity index is 1210. The second-order valence-corrected chi connectivity index (χ2v) is 10.5. The van der Waals surface area contributed by atoms with Gasteiger partial charge < -0.3 is 25.4 Å². The van der Waals surface area contributed by atoms with Crippen molar-refractivity contribution < 1.29 is 28.6 Å². The van der Waals surface area contributed by atoms with Crippen molar-refractivity contribution in [3.63, 3.8) is 0 Å². The van der Waals surface area contributed by atoms with Gasteiger partial charge in [0.05, 0.1) is 18.3 Å². The number of amides is 3. The third-order valence-electron chi connectivity index (χ3n) is 7.31. The highest BCUT2D eigenvalue weighted by Gasteiger charge is 2.66. The van der Waals surface area contributed by atoms with Crippen LogP contribution in [0.4, 0.5) is 21.5 Å². The summed E-state index contributed by atoms with van der Waals surface area (Å²) in [5.41, 5.74) is 0.0547. The number of nitrogens with one attached hydrogen (secondary N) is 2. The monoisotopic (exact) mass is 511 g/mol. The maximum atomic E-state index is 15.5. The first kappa shape index (κ1) is 26.8. The maximum Gasteiger partial charge on any atom is 0.264 e. The number of aliphatic hydroxyl groups excluding tert-OH is 1. The highest BCUT2D eigenvalue weighted by atomic mass is 19.1. The minimum Gasteiger partial charge on any atom is -0.396 e. The van der Waals surface area contributed by atoms with Gasteiger partial charge >= 0.3 is 0 Å². The van der Waals surface area contributed by atoms with E-state index in [-0.39, 0.29) is 37.3 Å². The lowest BCUT2D eigenvalue weighted by Gasteiger charge is -2.32. The lowest BCUT2D eigenvalue weighted by Crippen LogP contribution is -2.45. The van der Waals surface area contributed by atoms with E-state index >= 15 is 4.39 Å². The highest BCUT2D eigenvalue weighted by molar-refractivity contribution is 6.08. The van der Waals surface area contributed by atoms with Gasteiger partial charge in [0.1, 0.15) is 5.67 Å². The van der Waals surface area contributed by atoms with Crippen LogP contribution in [0, 0.1) is 11.8 Å². The molecular formula is C28H34FN3O5. The highest BCUT2D eigenvalue weighted by Crippen LogP contribution is 2.58. The van der Waals surface area contributed by atoms with Gasteiger partial charge in [0.2, 0.25) is 11.8 Å². The van der Waals surface area contributed by atoms with Gasteiger partial charge in [-0.15, -0.1) is 0 Å². The maximum absolute atomic E-state index is 15.5. The Morgan fingerprint density at radius 2 is 1.68 bits per heavy atom. The second kappa shape index (κ2) is 9.87. The molecular weight excluding hydrogens is 477 g/mol. The third kappa shape index (κ3) is 4.85. The summed E-state index contributed by atoms with van der Waals surface area (Å²) >= 11 is 0. The molecule has 2 aromatic rings. The summed E-state index contributed by atoms with van der Waals surface area (Å²) < 4.78 is 22.0. The number of benzene rings is 2. The number of ether oxygens (including phenoxy) is 1. The van der Waals surface area contributed by atoms with Crippen molar-refractivity contribution in [3.8, 4) is 0 Å². The molecule has 8 nitrogen and oxygen atoms in total. The number of halogens is 1. The van der Waals surface area contributed by atoms with Crippen molar-refractivity contribution >= 4 is 34.8 Å². The van der Waals surface area contributed by atoms with E-state index in [1.165, 1.54) is 27.7 Å². The molecule has 0 unspecified atom stereocenters. The van der Waals surface area contributed by atoms with Crippen LogP contribution in [0.5, 0.6) is 0 Å². The SMILES string of the molecule is CC(=O)Nc1ccc(CN2C(=O)[C@@]3(O[C@@H](CCO)[C@H](C(C)(C)F)[C@H]3C)c3cc(NC(C)=O)ccc32)cc1. The Hall–Kier alpha value is -3.30. The molecule has 0 aromatic heterocycles. The van der Waals surface area contributed by atoms with Crippen LogP contribution < -0.4 is 15.5 Å². The van der Waals surface area contributed by atoms with E-state index in [0.29, 0.717) is 22.6 Å². The summed E-state index contributed by atoms with van der Waals surface area (Å²) in [6.45, 7) is 7.64. The lowest BCUT2D eigenvalue weighted by atomic mass is 9.71. The van der Waals surface area contributed by atoms with Crippen LogP contribution in [0.1, 0.15) is 52.2 Å². The normalized spacial score (nSPS) is 24.9. The van der Waals surface area contributed by atoms with Gasteiger partial charge in [0, 0.05) is 49.2 Å². The molecule has 0 radical (unpaired) electrons. The van der Waals surface area contributed by atoms with Crippen LogP contribution in [-0.4, -0.2) is 41.2 Å². The van der Waals surface area contributed by atoms with Gasteiger partial charge in [-0.05, 0) is 56.2 Å². The summed E-state index contributed by atoms with van der Waals surface area (Å²) in [6.07, 6.45) is -0.471.